The van der Waals surface area contributed by atoms with E-state index in [1.165, 1.54) is 0 Å². The Morgan fingerprint density at radius 3 is 2.50 bits per heavy atom. The summed E-state index contributed by atoms with van der Waals surface area (Å²) < 4.78 is 0. The molecule has 0 unspecified atom stereocenters. The third-order valence-electron chi connectivity index (χ3n) is 5.06. The molecule has 0 radical (unpaired) electrons. The molecular weight excluding hydrogens is 348 g/mol. The third-order valence-corrected chi connectivity index (χ3v) is 5.06. The van der Waals surface area contributed by atoms with E-state index >= 15 is 0 Å². The zero-order valence-electron chi connectivity index (χ0n) is 16.6. The molecule has 0 fully saturated rings. The summed E-state index contributed by atoms with van der Waals surface area (Å²) in [6, 6.07) is 18.0. The number of aromatic nitrogens is 1. The normalized spacial score (nSPS) is 12.2. The monoisotopic (exact) mass is 374 g/mol. The maximum absolute atomic E-state index is 10.8. The second-order valence-electron chi connectivity index (χ2n) is 7.62. The van der Waals surface area contributed by atoms with Crippen molar-refractivity contribution in [2.45, 2.75) is 33.6 Å². The second kappa shape index (κ2) is 8.21. The van der Waals surface area contributed by atoms with Crippen LogP contribution in [0.15, 0.2) is 59.6 Å². The van der Waals surface area contributed by atoms with Gasteiger partial charge in [-0.3, -0.25) is 10.1 Å². The van der Waals surface area contributed by atoms with E-state index in [1.54, 1.807) is 0 Å². The maximum Gasteiger partial charge on any atom is 0.213 e. The number of benzene rings is 2. The average Bonchev–Trinajstić information content (AvgIpc) is 2.70. The van der Waals surface area contributed by atoms with Crippen molar-refractivity contribution in [1.82, 2.24) is 10.3 Å². The highest BCUT2D eigenvalue weighted by Crippen LogP contribution is 2.40. The molecule has 0 bridgehead atoms. The van der Waals surface area contributed by atoms with Crippen LogP contribution in [0.3, 0.4) is 0 Å². The molecule has 5 nitrogen and oxygen atoms in total. The Morgan fingerprint density at radius 2 is 1.82 bits per heavy atom. The Kier molecular flexibility index (Phi) is 5.73. The van der Waals surface area contributed by atoms with Crippen LogP contribution in [0.5, 0.6) is 0 Å². The number of fused-ring (bicyclic) bond motifs is 1. The van der Waals surface area contributed by atoms with Crippen molar-refractivity contribution in [2.75, 3.05) is 0 Å². The van der Waals surface area contributed by atoms with Crippen LogP contribution in [0.2, 0.25) is 0 Å². The molecule has 0 aliphatic carbocycles. The number of aliphatic imine (C=N–C) groups is 1. The van der Waals surface area contributed by atoms with Crippen LogP contribution >= 0.6 is 0 Å². The number of pyridine rings is 1. The number of guanidine groups is 1. The van der Waals surface area contributed by atoms with Gasteiger partial charge < -0.3 is 5.73 Å². The zero-order valence-corrected chi connectivity index (χ0v) is 16.6. The first-order chi connectivity index (χ1) is 13.4. The Hall–Kier alpha value is -3.21. The number of nitrogens with zero attached hydrogens (tertiary/aromatic N) is 2. The molecule has 2 aromatic carbocycles. The van der Waals surface area contributed by atoms with Crippen LogP contribution in [0, 0.1) is 5.41 Å². The van der Waals surface area contributed by atoms with Gasteiger partial charge in [0.25, 0.3) is 0 Å². The van der Waals surface area contributed by atoms with Crippen molar-refractivity contribution in [1.29, 1.82) is 0 Å². The largest absolute Gasteiger partial charge is 0.369 e. The summed E-state index contributed by atoms with van der Waals surface area (Å²) in [5.41, 5.74) is 10.6. The Labute approximate surface area is 165 Å². The van der Waals surface area contributed by atoms with Crippen molar-refractivity contribution in [2.24, 2.45) is 16.1 Å². The van der Waals surface area contributed by atoms with Crippen LogP contribution < -0.4 is 11.1 Å². The molecule has 3 aromatic rings. The van der Waals surface area contributed by atoms with Crippen molar-refractivity contribution in [3.63, 3.8) is 0 Å². The highest BCUT2D eigenvalue weighted by molar-refractivity contribution is 5.99. The van der Waals surface area contributed by atoms with Gasteiger partial charge in [-0.05, 0) is 17.9 Å². The highest BCUT2D eigenvalue weighted by atomic mass is 16.1. The molecule has 144 valence electrons. The van der Waals surface area contributed by atoms with Gasteiger partial charge >= 0.3 is 0 Å². The molecule has 0 saturated carbocycles. The number of carbonyl (C=O) groups is 1. The molecule has 3 N–H and O–H groups in total. The van der Waals surface area contributed by atoms with Gasteiger partial charge in [-0.1, -0.05) is 75.7 Å². The van der Waals surface area contributed by atoms with Crippen molar-refractivity contribution < 1.29 is 4.79 Å². The lowest BCUT2D eigenvalue weighted by molar-refractivity contribution is -0.108. The van der Waals surface area contributed by atoms with E-state index in [9.17, 15) is 4.79 Å². The van der Waals surface area contributed by atoms with Gasteiger partial charge in [-0.15, -0.1) is 0 Å². The van der Waals surface area contributed by atoms with Crippen LogP contribution in [0.1, 0.15) is 32.8 Å². The van der Waals surface area contributed by atoms with Crippen LogP contribution in [-0.4, -0.2) is 17.4 Å². The lowest BCUT2D eigenvalue weighted by Crippen LogP contribution is -2.29. The molecule has 0 aliphatic heterocycles. The molecule has 0 aliphatic rings. The number of rotatable bonds is 6. The first kappa shape index (κ1) is 19.5. The number of hydrogen-bond donors (Lipinski definition) is 2. The molecule has 1 amide bonds. The Balaban J connectivity index is 2.37. The number of amides is 1. The summed E-state index contributed by atoms with van der Waals surface area (Å²) in [6.07, 6.45) is 2.34. The van der Waals surface area contributed by atoms with Crippen LogP contribution in [0.4, 0.5) is 5.69 Å². The van der Waals surface area contributed by atoms with E-state index in [0.29, 0.717) is 6.41 Å². The van der Waals surface area contributed by atoms with Gasteiger partial charge in [0.2, 0.25) is 6.41 Å². The number of nitrogens with two attached hydrogens (primary N) is 1. The van der Waals surface area contributed by atoms with Gasteiger partial charge in [-0.25, -0.2) is 9.98 Å². The smallest absolute Gasteiger partial charge is 0.213 e. The van der Waals surface area contributed by atoms with Crippen molar-refractivity contribution in [3.05, 3.63) is 60.2 Å². The summed E-state index contributed by atoms with van der Waals surface area (Å²) in [6.45, 7) is 6.65. The fourth-order valence-corrected chi connectivity index (χ4v) is 3.18. The summed E-state index contributed by atoms with van der Waals surface area (Å²) in [5, 5.41) is 3.37. The van der Waals surface area contributed by atoms with E-state index in [-0.39, 0.29) is 11.4 Å². The molecule has 1 aromatic heterocycles. The minimum Gasteiger partial charge on any atom is -0.369 e. The number of nitrogens with one attached hydrogen (secondary N) is 1. The zero-order chi connectivity index (χ0) is 20.1. The summed E-state index contributed by atoms with van der Waals surface area (Å²) in [4.78, 5) is 20.4. The molecule has 0 saturated heterocycles. The first-order valence-electron chi connectivity index (χ1n) is 9.46. The lowest BCUT2D eigenvalue weighted by Gasteiger charge is -2.25. The van der Waals surface area contributed by atoms with Gasteiger partial charge in [-0.2, -0.15) is 0 Å². The van der Waals surface area contributed by atoms with Gasteiger partial charge in [0, 0.05) is 16.5 Å². The van der Waals surface area contributed by atoms with Crippen LogP contribution in [-0.2, 0) is 11.2 Å². The van der Waals surface area contributed by atoms with Crippen LogP contribution in [0.25, 0.3) is 22.2 Å². The molecule has 0 atom stereocenters. The van der Waals surface area contributed by atoms with Gasteiger partial charge in [0.15, 0.2) is 5.96 Å². The van der Waals surface area contributed by atoms with E-state index in [1.807, 2.05) is 42.5 Å². The average molecular weight is 374 g/mol. The molecule has 5 heteroatoms. The van der Waals surface area contributed by atoms with E-state index in [0.717, 1.165) is 46.3 Å². The summed E-state index contributed by atoms with van der Waals surface area (Å²) in [5.74, 6) is 0.0703. The first-order valence-corrected chi connectivity index (χ1v) is 9.46. The highest BCUT2D eigenvalue weighted by Gasteiger charge is 2.24. The van der Waals surface area contributed by atoms with E-state index in [4.69, 9.17) is 10.7 Å². The predicted molar refractivity (Wildman–Crippen MR) is 115 cm³/mol. The van der Waals surface area contributed by atoms with Gasteiger partial charge in [0.1, 0.15) is 0 Å². The molecule has 3 rings (SSSR count). The van der Waals surface area contributed by atoms with Gasteiger partial charge in [0.05, 0.1) is 16.9 Å². The van der Waals surface area contributed by atoms with Crippen molar-refractivity contribution in [3.8, 4) is 11.3 Å². The number of para-hydroxylation sites is 1. The fraction of sp³-hybridized carbons (Fsp3) is 0.261. The van der Waals surface area contributed by atoms with E-state index in [2.05, 4.69) is 43.2 Å². The summed E-state index contributed by atoms with van der Waals surface area (Å²) >= 11 is 0. The van der Waals surface area contributed by atoms with Crippen molar-refractivity contribution >= 4 is 29.0 Å². The minimum absolute atomic E-state index is 0.0603. The molecule has 28 heavy (non-hydrogen) atoms. The molecular formula is C23H26N4O. The topological polar surface area (TPSA) is 80.4 Å². The van der Waals surface area contributed by atoms with E-state index < -0.39 is 0 Å². The summed E-state index contributed by atoms with van der Waals surface area (Å²) in [7, 11) is 0. The minimum atomic E-state index is 0.0603. The Bertz CT molecular complexity index is 1010. The second-order valence-corrected chi connectivity index (χ2v) is 7.62. The maximum atomic E-state index is 10.8. The number of hydrogen-bond acceptors (Lipinski definition) is 3. The standard InChI is InChI=1S/C23H26N4O/c1-4-23(2,3)14-18-20(16-10-6-5-7-11-16)26-19-13-9-8-12-17(19)21(18)27-22(24)25-15-28/h5-13,15H,4,14H2,1-3H3,(H3,24,25,26,27,28). The fourth-order valence-electron chi connectivity index (χ4n) is 3.18. The predicted octanol–water partition coefficient (Wildman–Crippen LogP) is 4.57. The quantitative estimate of drug-likeness (QED) is 0.377. The molecule has 1 heterocycles. The third kappa shape index (κ3) is 4.19. The number of carbonyl (C=O) groups excluding carboxylic acids is 1. The lowest BCUT2D eigenvalue weighted by atomic mass is 9.81. The SMILES string of the molecule is CCC(C)(C)Cc1c(-c2ccccc2)nc2ccccc2c1N=C(N)NC=O. The molecule has 0 spiro atoms. The Morgan fingerprint density at radius 1 is 1.14 bits per heavy atom.